The van der Waals surface area contributed by atoms with E-state index in [1.807, 2.05) is 48.5 Å². The molecule has 25 heavy (non-hydrogen) atoms. The number of amides is 1. The first-order valence-corrected chi connectivity index (χ1v) is 7.88. The van der Waals surface area contributed by atoms with E-state index in [2.05, 4.69) is 20.3 Å². The molecule has 1 amide bonds. The van der Waals surface area contributed by atoms with Crippen LogP contribution in [0.3, 0.4) is 0 Å². The summed E-state index contributed by atoms with van der Waals surface area (Å²) in [5, 5.41) is 3.63. The van der Waals surface area contributed by atoms with Gasteiger partial charge in [0.05, 0.1) is 0 Å². The van der Waals surface area contributed by atoms with Crippen LogP contribution in [0.15, 0.2) is 67.0 Å². The lowest BCUT2D eigenvalue weighted by molar-refractivity contribution is 0.102. The van der Waals surface area contributed by atoms with Crippen LogP contribution in [0.2, 0.25) is 0 Å². The van der Waals surface area contributed by atoms with Crippen LogP contribution in [0.5, 0.6) is 5.75 Å². The lowest BCUT2D eigenvalue weighted by Crippen LogP contribution is -2.13. The summed E-state index contributed by atoms with van der Waals surface area (Å²) < 4.78 is 5.82. The molecule has 2 aromatic carbocycles. The Balaban J connectivity index is 1.50. The SMILES string of the molecule is O=C(Nc1ncc[nH]1)c1cc2ccc(OCc3ccccc3)cc2[nH]1. The van der Waals surface area contributed by atoms with Gasteiger partial charge in [-0.15, -0.1) is 0 Å². The molecule has 2 aromatic heterocycles. The second-order valence-electron chi connectivity index (χ2n) is 5.60. The Labute approximate surface area is 143 Å². The van der Waals surface area contributed by atoms with E-state index >= 15 is 0 Å². The van der Waals surface area contributed by atoms with Gasteiger partial charge in [-0.2, -0.15) is 0 Å². The maximum Gasteiger partial charge on any atom is 0.274 e. The van der Waals surface area contributed by atoms with Crippen molar-refractivity contribution >= 4 is 22.8 Å². The molecule has 0 saturated heterocycles. The summed E-state index contributed by atoms with van der Waals surface area (Å²) in [5.74, 6) is 0.907. The third kappa shape index (κ3) is 3.37. The number of ether oxygens (including phenoxy) is 1. The molecule has 0 aliphatic rings. The summed E-state index contributed by atoms with van der Waals surface area (Å²) >= 11 is 0. The van der Waals surface area contributed by atoms with E-state index < -0.39 is 0 Å². The standard InChI is InChI=1S/C19H16N4O2/c24-18(23-19-20-8-9-21-19)17-10-14-6-7-15(11-16(14)22-17)25-12-13-4-2-1-3-5-13/h1-11,22H,12H2,(H2,20,21,23,24). The lowest BCUT2D eigenvalue weighted by atomic mass is 10.2. The number of hydrogen-bond acceptors (Lipinski definition) is 3. The Bertz CT molecular complexity index is 991. The summed E-state index contributed by atoms with van der Waals surface area (Å²) in [5.41, 5.74) is 2.41. The Kier molecular flexibility index (Phi) is 3.92. The normalized spacial score (nSPS) is 10.7. The van der Waals surface area contributed by atoms with Crippen LogP contribution in [-0.2, 0) is 6.61 Å². The molecule has 0 spiro atoms. The van der Waals surface area contributed by atoms with E-state index in [9.17, 15) is 4.79 Å². The number of imidazole rings is 1. The minimum atomic E-state index is -0.252. The summed E-state index contributed by atoms with van der Waals surface area (Å²) in [7, 11) is 0. The minimum Gasteiger partial charge on any atom is -0.489 e. The van der Waals surface area contributed by atoms with Crippen molar-refractivity contribution in [3.63, 3.8) is 0 Å². The zero-order valence-electron chi connectivity index (χ0n) is 13.3. The van der Waals surface area contributed by atoms with Crippen molar-refractivity contribution < 1.29 is 9.53 Å². The number of carbonyl (C=O) groups is 1. The van der Waals surface area contributed by atoms with Crippen molar-refractivity contribution in [3.8, 4) is 5.75 Å². The molecule has 0 saturated carbocycles. The summed E-state index contributed by atoms with van der Waals surface area (Å²) in [6, 6.07) is 17.5. The molecular formula is C19H16N4O2. The van der Waals surface area contributed by atoms with E-state index in [1.54, 1.807) is 18.5 Å². The first kappa shape index (κ1) is 15.0. The summed E-state index contributed by atoms with van der Waals surface area (Å²) in [6.45, 7) is 0.499. The number of hydrogen-bond donors (Lipinski definition) is 3. The molecule has 0 aliphatic heterocycles. The van der Waals surface area contributed by atoms with Gasteiger partial charge in [-0.3, -0.25) is 10.1 Å². The molecule has 0 unspecified atom stereocenters. The number of nitrogens with zero attached hydrogens (tertiary/aromatic N) is 1. The molecule has 4 rings (SSSR count). The molecule has 0 bridgehead atoms. The molecule has 6 heteroatoms. The second kappa shape index (κ2) is 6.52. The van der Waals surface area contributed by atoms with E-state index in [-0.39, 0.29) is 5.91 Å². The predicted molar refractivity (Wildman–Crippen MR) is 95.6 cm³/mol. The number of anilines is 1. The van der Waals surface area contributed by atoms with Crippen molar-refractivity contribution in [2.75, 3.05) is 5.32 Å². The highest BCUT2D eigenvalue weighted by Crippen LogP contribution is 2.22. The fraction of sp³-hybridized carbons (Fsp3) is 0.0526. The predicted octanol–water partition coefficient (Wildman–Crippen LogP) is 3.72. The number of nitrogens with one attached hydrogen (secondary N) is 3. The topological polar surface area (TPSA) is 82.8 Å². The molecule has 3 N–H and O–H groups in total. The quantitative estimate of drug-likeness (QED) is 0.521. The lowest BCUT2D eigenvalue weighted by Gasteiger charge is -2.06. The van der Waals surface area contributed by atoms with Gasteiger partial charge in [0.15, 0.2) is 0 Å². The van der Waals surface area contributed by atoms with Gasteiger partial charge in [0.25, 0.3) is 5.91 Å². The Morgan fingerprint density at radius 2 is 2.00 bits per heavy atom. The Morgan fingerprint density at radius 1 is 1.12 bits per heavy atom. The third-order valence-corrected chi connectivity index (χ3v) is 3.82. The van der Waals surface area contributed by atoms with Crippen LogP contribution in [0.1, 0.15) is 16.1 Å². The molecule has 124 valence electrons. The summed E-state index contributed by atoms with van der Waals surface area (Å²) in [4.78, 5) is 22.2. The smallest absolute Gasteiger partial charge is 0.274 e. The average molecular weight is 332 g/mol. The zero-order valence-corrected chi connectivity index (χ0v) is 13.3. The van der Waals surface area contributed by atoms with E-state index in [0.29, 0.717) is 18.2 Å². The van der Waals surface area contributed by atoms with Crippen LogP contribution < -0.4 is 10.1 Å². The second-order valence-corrected chi connectivity index (χ2v) is 5.60. The first-order chi connectivity index (χ1) is 12.3. The number of carbonyl (C=O) groups excluding carboxylic acids is 1. The van der Waals surface area contributed by atoms with Crippen LogP contribution in [0.25, 0.3) is 10.9 Å². The number of aromatic nitrogens is 3. The van der Waals surface area contributed by atoms with Gasteiger partial charge in [0.1, 0.15) is 18.1 Å². The summed E-state index contributed by atoms with van der Waals surface area (Å²) in [6.07, 6.45) is 3.23. The van der Waals surface area contributed by atoms with Crippen LogP contribution in [0.4, 0.5) is 5.95 Å². The van der Waals surface area contributed by atoms with Gasteiger partial charge in [0, 0.05) is 29.4 Å². The number of aromatic amines is 2. The van der Waals surface area contributed by atoms with E-state index in [4.69, 9.17) is 4.74 Å². The molecule has 2 heterocycles. The molecule has 0 radical (unpaired) electrons. The van der Waals surface area contributed by atoms with Crippen LogP contribution >= 0.6 is 0 Å². The van der Waals surface area contributed by atoms with Crippen molar-refractivity contribution in [1.82, 2.24) is 15.0 Å². The fourth-order valence-electron chi connectivity index (χ4n) is 2.57. The fourth-order valence-corrected chi connectivity index (χ4v) is 2.57. The highest BCUT2D eigenvalue weighted by Gasteiger charge is 2.11. The molecule has 0 fully saturated rings. The zero-order chi connectivity index (χ0) is 17.1. The van der Waals surface area contributed by atoms with Gasteiger partial charge in [0.2, 0.25) is 5.95 Å². The number of rotatable bonds is 5. The third-order valence-electron chi connectivity index (χ3n) is 3.82. The number of H-pyrrole nitrogens is 2. The molecular weight excluding hydrogens is 316 g/mol. The Hall–Kier alpha value is -3.54. The molecule has 0 atom stereocenters. The number of benzene rings is 2. The maximum atomic E-state index is 12.2. The minimum absolute atomic E-state index is 0.252. The van der Waals surface area contributed by atoms with Gasteiger partial charge >= 0.3 is 0 Å². The van der Waals surface area contributed by atoms with Crippen LogP contribution in [0, 0.1) is 0 Å². The van der Waals surface area contributed by atoms with Crippen LogP contribution in [-0.4, -0.2) is 20.9 Å². The Morgan fingerprint density at radius 3 is 2.80 bits per heavy atom. The van der Waals surface area contributed by atoms with Gasteiger partial charge < -0.3 is 14.7 Å². The highest BCUT2D eigenvalue weighted by molar-refractivity contribution is 6.05. The molecule has 6 nitrogen and oxygen atoms in total. The molecule has 4 aromatic rings. The van der Waals surface area contributed by atoms with E-state index in [0.717, 1.165) is 22.2 Å². The monoisotopic (exact) mass is 332 g/mol. The van der Waals surface area contributed by atoms with Gasteiger partial charge in [-0.1, -0.05) is 30.3 Å². The number of fused-ring (bicyclic) bond motifs is 1. The van der Waals surface area contributed by atoms with Crippen molar-refractivity contribution in [2.45, 2.75) is 6.61 Å². The van der Waals surface area contributed by atoms with E-state index in [1.165, 1.54) is 0 Å². The largest absolute Gasteiger partial charge is 0.489 e. The maximum absolute atomic E-state index is 12.2. The van der Waals surface area contributed by atoms with Gasteiger partial charge in [-0.25, -0.2) is 4.98 Å². The van der Waals surface area contributed by atoms with Crippen molar-refractivity contribution in [2.24, 2.45) is 0 Å². The highest BCUT2D eigenvalue weighted by atomic mass is 16.5. The average Bonchev–Trinajstić information content (AvgIpc) is 3.29. The van der Waals surface area contributed by atoms with Crippen molar-refractivity contribution in [3.05, 3.63) is 78.2 Å². The molecule has 0 aliphatic carbocycles. The van der Waals surface area contributed by atoms with Gasteiger partial charge in [-0.05, 0) is 23.8 Å². The first-order valence-electron chi connectivity index (χ1n) is 7.88. The van der Waals surface area contributed by atoms with Crippen molar-refractivity contribution in [1.29, 1.82) is 0 Å².